The molecule has 0 bridgehead atoms. The molecule has 0 saturated carbocycles. The monoisotopic (exact) mass is 304 g/mol. The maximum atomic E-state index is 11.9. The largest absolute Gasteiger partial charge is 0.345 e. The van der Waals surface area contributed by atoms with E-state index in [1.165, 1.54) is 12.1 Å². The second-order valence-corrected chi connectivity index (χ2v) is 8.00. The highest BCUT2D eigenvalue weighted by Crippen LogP contribution is 2.27. The number of amides is 1. The average Bonchev–Trinajstić information content (AvgIpc) is 2.83. The van der Waals surface area contributed by atoms with Crippen LogP contribution in [0.5, 0.6) is 0 Å². The summed E-state index contributed by atoms with van der Waals surface area (Å²) in [6, 6.07) is 2.62. The minimum absolute atomic E-state index is 0.0500. The van der Waals surface area contributed by atoms with Crippen LogP contribution < -0.4 is 5.32 Å². The van der Waals surface area contributed by atoms with E-state index in [4.69, 9.17) is 0 Å². The molecule has 2 heterocycles. The average molecular weight is 304 g/mol. The first kappa shape index (κ1) is 13.9. The van der Waals surface area contributed by atoms with Gasteiger partial charge < -0.3 is 5.32 Å². The first-order chi connectivity index (χ1) is 8.71. The van der Waals surface area contributed by atoms with Crippen LogP contribution in [0.2, 0.25) is 0 Å². The Balaban J connectivity index is 2.11. The van der Waals surface area contributed by atoms with Crippen molar-refractivity contribution in [2.75, 3.05) is 11.5 Å². The fourth-order valence-electron chi connectivity index (χ4n) is 1.99. The third-order valence-electron chi connectivity index (χ3n) is 2.91. The van der Waals surface area contributed by atoms with E-state index in [9.17, 15) is 23.3 Å². The van der Waals surface area contributed by atoms with Gasteiger partial charge >= 0.3 is 5.00 Å². The van der Waals surface area contributed by atoms with Crippen LogP contribution >= 0.6 is 11.3 Å². The van der Waals surface area contributed by atoms with Crippen molar-refractivity contribution in [3.05, 3.63) is 27.1 Å². The van der Waals surface area contributed by atoms with E-state index < -0.39 is 26.2 Å². The second-order valence-electron chi connectivity index (χ2n) is 4.75. The van der Waals surface area contributed by atoms with Crippen molar-refractivity contribution in [3.8, 4) is 0 Å². The molecule has 1 saturated heterocycles. The smallest absolute Gasteiger partial charge is 0.324 e. The molecule has 7 nitrogen and oxygen atoms in total. The predicted octanol–water partition coefficient (Wildman–Crippen LogP) is 0.963. The molecule has 0 unspecified atom stereocenters. The van der Waals surface area contributed by atoms with Crippen molar-refractivity contribution >= 4 is 32.1 Å². The van der Waals surface area contributed by atoms with Gasteiger partial charge in [0.15, 0.2) is 9.84 Å². The van der Waals surface area contributed by atoms with Crippen molar-refractivity contribution < 1.29 is 18.1 Å². The number of carbonyl (C=O) groups excluding carboxylic acids is 1. The van der Waals surface area contributed by atoms with Crippen molar-refractivity contribution in [1.29, 1.82) is 0 Å². The number of sulfone groups is 1. The molecular formula is C10H12N2O5S2. The predicted molar refractivity (Wildman–Crippen MR) is 70.1 cm³/mol. The van der Waals surface area contributed by atoms with E-state index in [-0.39, 0.29) is 21.4 Å². The lowest BCUT2D eigenvalue weighted by Crippen LogP contribution is -2.46. The number of nitrogens with one attached hydrogen (secondary N) is 1. The van der Waals surface area contributed by atoms with Gasteiger partial charge in [-0.2, -0.15) is 0 Å². The van der Waals surface area contributed by atoms with Gasteiger partial charge in [-0.3, -0.25) is 14.9 Å². The molecule has 104 valence electrons. The van der Waals surface area contributed by atoms with Crippen molar-refractivity contribution in [2.45, 2.75) is 18.9 Å². The number of nitrogens with zero attached hydrogens (tertiary/aromatic N) is 1. The summed E-state index contributed by atoms with van der Waals surface area (Å²) in [4.78, 5) is 22.1. The SMILES string of the molecule is C[C@]1(NC(=O)c2ccc([N+](=O)[O-])s2)CCS(=O)(=O)C1. The number of nitro groups is 1. The molecule has 0 aromatic carbocycles. The lowest BCUT2D eigenvalue weighted by molar-refractivity contribution is -0.380. The van der Waals surface area contributed by atoms with E-state index in [1.807, 2.05) is 0 Å². The third-order valence-corrected chi connectivity index (χ3v) is 5.85. The standard InChI is InChI=1S/C10H12N2O5S2/c1-10(4-5-19(16,17)6-10)11-9(13)7-2-3-8(18-7)12(14)15/h2-3H,4-6H2,1H3,(H,11,13)/t10-/m0/s1. The number of carbonyl (C=O) groups is 1. The van der Waals surface area contributed by atoms with Crippen LogP contribution in [0.25, 0.3) is 0 Å². The second kappa shape index (κ2) is 4.57. The molecule has 1 aromatic heterocycles. The Morgan fingerprint density at radius 1 is 1.53 bits per heavy atom. The fraction of sp³-hybridized carbons (Fsp3) is 0.500. The van der Waals surface area contributed by atoms with Crippen LogP contribution in [-0.4, -0.2) is 36.3 Å². The van der Waals surface area contributed by atoms with Crippen LogP contribution in [0.3, 0.4) is 0 Å². The molecule has 19 heavy (non-hydrogen) atoms. The molecule has 9 heteroatoms. The topological polar surface area (TPSA) is 106 Å². The van der Waals surface area contributed by atoms with E-state index in [2.05, 4.69) is 5.32 Å². The minimum Gasteiger partial charge on any atom is -0.345 e. The Bertz CT molecular complexity index is 636. The van der Waals surface area contributed by atoms with Gasteiger partial charge in [0.25, 0.3) is 5.91 Å². The van der Waals surface area contributed by atoms with Crippen molar-refractivity contribution in [3.63, 3.8) is 0 Å². The van der Waals surface area contributed by atoms with Crippen molar-refractivity contribution in [2.24, 2.45) is 0 Å². The zero-order valence-corrected chi connectivity index (χ0v) is 11.7. The van der Waals surface area contributed by atoms with Gasteiger partial charge in [0.1, 0.15) is 0 Å². The van der Waals surface area contributed by atoms with Gasteiger partial charge in [0, 0.05) is 6.07 Å². The molecule has 1 fully saturated rings. The van der Waals surface area contributed by atoms with Crippen LogP contribution in [0, 0.1) is 10.1 Å². The van der Waals surface area contributed by atoms with Gasteiger partial charge in [-0.25, -0.2) is 8.42 Å². The van der Waals surface area contributed by atoms with Crippen LogP contribution in [-0.2, 0) is 9.84 Å². The third kappa shape index (κ3) is 3.10. The summed E-state index contributed by atoms with van der Waals surface area (Å²) >= 11 is 0.770. The Labute approximate surface area is 113 Å². The summed E-state index contributed by atoms with van der Waals surface area (Å²) in [7, 11) is -3.11. The number of rotatable bonds is 3. The molecule has 1 atom stereocenters. The summed E-state index contributed by atoms with van der Waals surface area (Å²) in [6.45, 7) is 1.66. The highest BCUT2D eigenvalue weighted by molar-refractivity contribution is 7.91. The number of hydrogen-bond acceptors (Lipinski definition) is 6. The first-order valence-corrected chi connectivity index (χ1v) is 8.12. The molecule has 1 amide bonds. The fourth-order valence-corrected chi connectivity index (χ4v) is 4.80. The van der Waals surface area contributed by atoms with Crippen LogP contribution in [0.4, 0.5) is 5.00 Å². The zero-order valence-electron chi connectivity index (χ0n) is 10.1. The summed E-state index contributed by atoms with van der Waals surface area (Å²) in [5.41, 5.74) is -0.797. The molecule has 0 radical (unpaired) electrons. The molecule has 0 aliphatic carbocycles. The van der Waals surface area contributed by atoms with Gasteiger partial charge in [-0.1, -0.05) is 11.3 Å². The summed E-state index contributed by atoms with van der Waals surface area (Å²) in [5.74, 6) is -0.522. The van der Waals surface area contributed by atoms with E-state index in [0.717, 1.165) is 11.3 Å². The summed E-state index contributed by atoms with van der Waals surface area (Å²) in [5, 5.41) is 13.1. The molecule has 1 N–H and O–H groups in total. The van der Waals surface area contributed by atoms with E-state index in [0.29, 0.717) is 6.42 Å². The summed E-state index contributed by atoms with van der Waals surface area (Å²) in [6.07, 6.45) is 0.356. The quantitative estimate of drug-likeness (QED) is 0.661. The molecule has 2 rings (SSSR count). The maximum Gasteiger partial charge on any atom is 0.324 e. The highest BCUT2D eigenvalue weighted by atomic mass is 32.2. The number of hydrogen-bond donors (Lipinski definition) is 1. The van der Waals surface area contributed by atoms with Gasteiger partial charge in [0.2, 0.25) is 0 Å². The molecule has 0 spiro atoms. The zero-order chi connectivity index (χ0) is 14.3. The van der Waals surface area contributed by atoms with Crippen LogP contribution in [0.1, 0.15) is 23.0 Å². The molecule has 1 aromatic rings. The number of thiophene rings is 1. The van der Waals surface area contributed by atoms with Crippen molar-refractivity contribution in [1.82, 2.24) is 5.32 Å². The lowest BCUT2D eigenvalue weighted by Gasteiger charge is -2.23. The minimum atomic E-state index is -3.11. The van der Waals surface area contributed by atoms with Gasteiger partial charge in [0.05, 0.1) is 26.8 Å². The van der Waals surface area contributed by atoms with E-state index >= 15 is 0 Å². The Hall–Kier alpha value is -1.48. The lowest BCUT2D eigenvalue weighted by atomic mass is 10.0. The van der Waals surface area contributed by atoms with Crippen LogP contribution in [0.15, 0.2) is 12.1 Å². The Morgan fingerprint density at radius 2 is 2.21 bits per heavy atom. The Morgan fingerprint density at radius 3 is 2.68 bits per heavy atom. The van der Waals surface area contributed by atoms with E-state index in [1.54, 1.807) is 6.92 Å². The maximum absolute atomic E-state index is 11.9. The normalized spacial score (nSPS) is 25.1. The summed E-state index contributed by atoms with van der Waals surface area (Å²) < 4.78 is 22.8. The Kier molecular flexibility index (Phi) is 3.35. The van der Waals surface area contributed by atoms with Gasteiger partial charge in [-0.15, -0.1) is 0 Å². The highest BCUT2D eigenvalue weighted by Gasteiger charge is 2.39. The molecule has 1 aliphatic rings. The first-order valence-electron chi connectivity index (χ1n) is 5.48. The molecular weight excluding hydrogens is 292 g/mol. The van der Waals surface area contributed by atoms with Gasteiger partial charge in [-0.05, 0) is 19.4 Å². The molecule has 1 aliphatic heterocycles.